The minimum atomic E-state index is 0.0694. The molecule has 3 nitrogen and oxygen atoms in total. The first-order valence-corrected chi connectivity index (χ1v) is 3.19. The van der Waals surface area contributed by atoms with Crippen molar-refractivity contribution in [3.8, 4) is 0 Å². The van der Waals surface area contributed by atoms with Crippen LogP contribution in [0.25, 0.3) is 0 Å². The molecule has 2 atom stereocenters. The van der Waals surface area contributed by atoms with Gasteiger partial charge in [0.05, 0.1) is 6.17 Å². The lowest BCUT2D eigenvalue weighted by molar-refractivity contribution is 0.255. The van der Waals surface area contributed by atoms with Crippen molar-refractivity contribution >= 4 is 0 Å². The molecule has 0 bridgehead atoms. The van der Waals surface area contributed by atoms with Gasteiger partial charge in [0.15, 0.2) is 0 Å². The van der Waals surface area contributed by atoms with Crippen molar-refractivity contribution < 1.29 is 0 Å². The van der Waals surface area contributed by atoms with Crippen LogP contribution in [0.4, 0.5) is 0 Å². The fourth-order valence-corrected chi connectivity index (χ4v) is 0.562. The van der Waals surface area contributed by atoms with Crippen molar-refractivity contribution in [2.24, 2.45) is 5.73 Å². The molecule has 0 radical (unpaired) electrons. The average Bonchev–Trinajstić information content (AvgIpc) is 1.84. The van der Waals surface area contributed by atoms with Crippen molar-refractivity contribution in [1.82, 2.24) is 10.2 Å². The Bertz CT molecular complexity index is 72.7. The number of hydrogen-bond donors (Lipinski definition) is 2. The van der Waals surface area contributed by atoms with Crippen LogP contribution in [0, 0.1) is 0 Å². The zero-order chi connectivity index (χ0) is 7.44. The molecule has 0 aliphatic carbocycles. The van der Waals surface area contributed by atoms with Gasteiger partial charge in [-0.1, -0.05) is 0 Å². The summed E-state index contributed by atoms with van der Waals surface area (Å²) in [7, 11) is 5.90. The minimum Gasteiger partial charge on any atom is -0.315 e. The molecule has 0 heterocycles. The Kier molecular flexibility index (Phi) is 3.77. The van der Waals surface area contributed by atoms with E-state index in [2.05, 4.69) is 17.1 Å². The van der Waals surface area contributed by atoms with Crippen molar-refractivity contribution in [1.29, 1.82) is 0 Å². The highest BCUT2D eigenvalue weighted by molar-refractivity contribution is 4.69. The topological polar surface area (TPSA) is 41.3 Å². The second kappa shape index (κ2) is 3.82. The first kappa shape index (κ1) is 8.88. The minimum absolute atomic E-state index is 0.0694. The molecule has 0 spiro atoms. The first-order valence-electron chi connectivity index (χ1n) is 3.19. The molecule has 0 unspecified atom stereocenters. The highest BCUT2D eigenvalue weighted by Crippen LogP contribution is 1.91. The number of nitrogens with zero attached hydrogens (tertiary/aromatic N) is 1. The third kappa shape index (κ3) is 2.79. The maximum Gasteiger partial charge on any atom is 0.0701 e. The van der Waals surface area contributed by atoms with Gasteiger partial charge in [0.2, 0.25) is 0 Å². The molecule has 0 aliphatic rings. The highest BCUT2D eigenvalue weighted by atomic mass is 15.2. The molecule has 3 N–H and O–H groups in total. The molecule has 0 aromatic carbocycles. The van der Waals surface area contributed by atoms with Gasteiger partial charge in [-0.25, -0.2) is 0 Å². The van der Waals surface area contributed by atoms with E-state index in [0.717, 1.165) is 0 Å². The van der Waals surface area contributed by atoms with Gasteiger partial charge < -0.3 is 16.0 Å². The molecule has 0 aliphatic heterocycles. The summed E-state index contributed by atoms with van der Waals surface area (Å²) in [5.74, 6) is 0. The summed E-state index contributed by atoms with van der Waals surface area (Å²) < 4.78 is 0. The Balaban J connectivity index is 3.58. The number of nitrogens with two attached hydrogens (primary N) is 1. The van der Waals surface area contributed by atoms with Crippen LogP contribution in [0.1, 0.15) is 6.92 Å². The molecular weight excluding hydrogens is 114 g/mol. The molecule has 56 valence electrons. The van der Waals surface area contributed by atoms with E-state index in [-0.39, 0.29) is 6.17 Å². The van der Waals surface area contributed by atoms with Crippen LogP contribution >= 0.6 is 0 Å². The van der Waals surface area contributed by atoms with E-state index < -0.39 is 0 Å². The Hall–Kier alpha value is -0.120. The second-order valence-corrected chi connectivity index (χ2v) is 2.52. The van der Waals surface area contributed by atoms with Gasteiger partial charge in [-0.3, -0.25) is 0 Å². The van der Waals surface area contributed by atoms with Gasteiger partial charge in [0, 0.05) is 6.04 Å². The second-order valence-electron chi connectivity index (χ2n) is 2.52. The maximum absolute atomic E-state index is 5.66. The van der Waals surface area contributed by atoms with E-state index in [4.69, 9.17) is 5.73 Å². The number of rotatable bonds is 3. The van der Waals surface area contributed by atoms with Gasteiger partial charge >= 0.3 is 0 Å². The standard InChI is InChI=1S/C6H17N3/c1-5(9(3)4)6(7)8-2/h5-6,8H,7H2,1-4H3/t5-,6+/m0/s1. The quantitative estimate of drug-likeness (QED) is 0.504. The number of likely N-dealkylation sites (N-methyl/N-ethyl adjacent to an activating group) is 2. The van der Waals surface area contributed by atoms with E-state index in [9.17, 15) is 0 Å². The third-order valence-electron chi connectivity index (χ3n) is 1.67. The Morgan fingerprint density at radius 1 is 1.44 bits per heavy atom. The molecule has 0 aromatic rings. The molecule has 0 fully saturated rings. The van der Waals surface area contributed by atoms with Crippen LogP contribution in [0.5, 0.6) is 0 Å². The Labute approximate surface area is 57.2 Å². The molecule has 3 heteroatoms. The molecule has 0 saturated carbocycles. The normalized spacial score (nSPS) is 18.0. The lowest BCUT2D eigenvalue weighted by atomic mass is 10.2. The maximum atomic E-state index is 5.66. The van der Waals surface area contributed by atoms with Gasteiger partial charge in [-0.05, 0) is 28.1 Å². The molecular formula is C6H17N3. The Morgan fingerprint density at radius 2 is 1.89 bits per heavy atom. The van der Waals surface area contributed by atoms with Crippen LogP contribution in [0.3, 0.4) is 0 Å². The Morgan fingerprint density at radius 3 is 2.00 bits per heavy atom. The van der Waals surface area contributed by atoms with Crippen LogP contribution in [-0.2, 0) is 0 Å². The average molecular weight is 131 g/mol. The van der Waals surface area contributed by atoms with E-state index in [1.165, 1.54) is 0 Å². The predicted octanol–water partition coefficient (Wildman–Crippen LogP) is -0.559. The largest absolute Gasteiger partial charge is 0.315 e. The number of hydrogen-bond acceptors (Lipinski definition) is 3. The van der Waals surface area contributed by atoms with Crippen LogP contribution in [-0.4, -0.2) is 38.3 Å². The SMILES string of the molecule is CN[C@@H](N)[C@H](C)N(C)C. The van der Waals surface area contributed by atoms with Crippen LogP contribution < -0.4 is 11.1 Å². The van der Waals surface area contributed by atoms with Crippen molar-refractivity contribution in [2.75, 3.05) is 21.1 Å². The summed E-state index contributed by atoms with van der Waals surface area (Å²) in [6.45, 7) is 2.08. The van der Waals surface area contributed by atoms with Crippen LogP contribution in [0.15, 0.2) is 0 Å². The lowest BCUT2D eigenvalue weighted by Gasteiger charge is -2.25. The van der Waals surface area contributed by atoms with E-state index in [1.807, 2.05) is 21.1 Å². The molecule has 0 amide bonds. The molecule has 0 rings (SSSR count). The van der Waals surface area contributed by atoms with E-state index in [0.29, 0.717) is 6.04 Å². The van der Waals surface area contributed by atoms with Crippen molar-refractivity contribution in [3.63, 3.8) is 0 Å². The smallest absolute Gasteiger partial charge is 0.0701 e. The van der Waals surface area contributed by atoms with Gasteiger partial charge in [0.25, 0.3) is 0 Å². The molecule has 0 aromatic heterocycles. The van der Waals surface area contributed by atoms with Crippen molar-refractivity contribution in [3.05, 3.63) is 0 Å². The summed E-state index contributed by atoms with van der Waals surface area (Å²) in [6.07, 6.45) is 0.0694. The van der Waals surface area contributed by atoms with Crippen molar-refractivity contribution in [2.45, 2.75) is 19.1 Å². The summed E-state index contributed by atoms with van der Waals surface area (Å²) in [4.78, 5) is 2.08. The summed E-state index contributed by atoms with van der Waals surface area (Å²) in [5, 5.41) is 2.98. The molecule has 9 heavy (non-hydrogen) atoms. The third-order valence-corrected chi connectivity index (χ3v) is 1.67. The molecule has 0 saturated heterocycles. The lowest BCUT2D eigenvalue weighted by Crippen LogP contribution is -2.49. The fourth-order valence-electron chi connectivity index (χ4n) is 0.562. The zero-order valence-electron chi connectivity index (χ0n) is 6.68. The van der Waals surface area contributed by atoms with Gasteiger partial charge in [-0.2, -0.15) is 0 Å². The first-order chi connectivity index (χ1) is 4.09. The monoisotopic (exact) mass is 131 g/mol. The van der Waals surface area contributed by atoms with E-state index in [1.54, 1.807) is 0 Å². The summed E-state index contributed by atoms with van der Waals surface area (Å²) in [6, 6.07) is 0.384. The summed E-state index contributed by atoms with van der Waals surface area (Å²) in [5.41, 5.74) is 5.66. The fraction of sp³-hybridized carbons (Fsp3) is 1.00. The number of nitrogens with one attached hydrogen (secondary N) is 1. The predicted molar refractivity (Wildman–Crippen MR) is 40.2 cm³/mol. The zero-order valence-corrected chi connectivity index (χ0v) is 6.68. The summed E-state index contributed by atoms with van der Waals surface area (Å²) >= 11 is 0. The highest BCUT2D eigenvalue weighted by Gasteiger charge is 2.10. The van der Waals surface area contributed by atoms with E-state index >= 15 is 0 Å². The van der Waals surface area contributed by atoms with Gasteiger partial charge in [0.1, 0.15) is 0 Å². The van der Waals surface area contributed by atoms with Gasteiger partial charge in [-0.15, -0.1) is 0 Å². The van der Waals surface area contributed by atoms with Crippen LogP contribution in [0.2, 0.25) is 0 Å².